The standard InChI is InChI=1S/C24H22FNO3/c1-28-24(27)22-9-11-26-15-19(22)6-5-16-10-12-29-23-14-18(7-8-21(16)23)17-3-2-4-20(25)13-17/h2-4,7-9,11,13-16H,5-6,10,12H2,1H3. The van der Waals surface area contributed by atoms with Crippen molar-refractivity contribution >= 4 is 5.97 Å². The number of nitrogens with zero attached hydrogens (tertiary/aromatic N) is 1. The van der Waals surface area contributed by atoms with Crippen molar-refractivity contribution < 1.29 is 18.7 Å². The topological polar surface area (TPSA) is 48.4 Å². The molecule has 0 saturated carbocycles. The number of ether oxygens (including phenoxy) is 2. The van der Waals surface area contributed by atoms with Gasteiger partial charge >= 0.3 is 5.97 Å². The summed E-state index contributed by atoms with van der Waals surface area (Å²) in [5.41, 5.74) is 4.38. The van der Waals surface area contributed by atoms with Gasteiger partial charge in [-0.1, -0.05) is 24.3 Å². The highest BCUT2D eigenvalue weighted by Gasteiger charge is 2.23. The summed E-state index contributed by atoms with van der Waals surface area (Å²) in [5, 5.41) is 0. The number of aryl methyl sites for hydroxylation is 1. The Morgan fingerprint density at radius 1 is 1.21 bits per heavy atom. The van der Waals surface area contributed by atoms with Crippen molar-refractivity contribution in [3.05, 3.63) is 83.4 Å². The Balaban J connectivity index is 1.54. The molecule has 29 heavy (non-hydrogen) atoms. The third kappa shape index (κ3) is 4.14. The molecule has 1 atom stereocenters. The second kappa shape index (κ2) is 8.43. The number of halogens is 1. The predicted molar refractivity (Wildman–Crippen MR) is 109 cm³/mol. The minimum atomic E-state index is -0.338. The Labute approximate surface area is 169 Å². The van der Waals surface area contributed by atoms with E-state index in [2.05, 4.69) is 11.1 Å². The van der Waals surface area contributed by atoms with Crippen LogP contribution in [-0.2, 0) is 11.2 Å². The van der Waals surface area contributed by atoms with Crippen LogP contribution < -0.4 is 4.74 Å². The minimum Gasteiger partial charge on any atom is -0.493 e. The Kier molecular flexibility index (Phi) is 5.56. The summed E-state index contributed by atoms with van der Waals surface area (Å²) < 4.78 is 24.3. The van der Waals surface area contributed by atoms with E-state index in [4.69, 9.17) is 9.47 Å². The average Bonchev–Trinajstić information content (AvgIpc) is 2.77. The molecular weight excluding hydrogens is 369 g/mol. The zero-order valence-electron chi connectivity index (χ0n) is 16.2. The number of aromatic nitrogens is 1. The molecule has 0 N–H and O–H groups in total. The number of carbonyl (C=O) groups excluding carboxylic acids is 1. The quantitative estimate of drug-likeness (QED) is 0.563. The highest BCUT2D eigenvalue weighted by atomic mass is 19.1. The van der Waals surface area contributed by atoms with Gasteiger partial charge in [0, 0.05) is 12.4 Å². The van der Waals surface area contributed by atoms with Crippen LogP contribution in [0, 0.1) is 5.82 Å². The van der Waals surface area contributed by atoms with Gasteiger partial charge in [0.25, 0.3) is 0 Å². The first kappa shape index (κ1) is 19.1. The van der Waals surface area contributed by atoms with Crippen LogP contribution in [0.4, 0.5) is 4.39 Å². The average molecular weight is 391 g/mol. The molecule has 1 aliphatic heterocycles. The van der Waals surface area contributed by atoms with Gasteiger partial charge in [-0.25, -0.2) is 9.18 Å². The number of hydrogen-bond donors (Lipinski definition) is 0. The normalized spacial score (nSPS) is 15.3. The van der Waals surface area contributed by atoms with E-state index in [1.54, 1.807) is 24.5 Å². The van der Waals surface area contributed by atoms with Crippen LogP contribution in [0.5, 0.6) is 5.75 Å². The molecule has 0 radical (unpaired) electrons. The number of carbonyl (C=O) groups is 1. The smallest absolute Gasteiger partial charge is 0.338 e. The number of pyridine rings is 1. The van der Waals surface area contributed by atoms with E-state index < -0.39 is 0 Å². The van der Waals surface area contributed by atoms with Crippen LogP contribution in [-0.4, -0.2) is 24.7 Å². The largest absolute Gasteiger partial charge is 0.493 e. The Bertz CT molecular complexity index is 1030. The van der Waals surface area contributed by atoms with E-state index in [0.29, 0.717) is 18.1 Å². The maximum atomic E-state index is 13.6. The van der Waals surface area contributed by atoms with E-state index in [1.165, 1.54) is 19.2 Å². The molecule has 148 valence electrons. The molecule has 5 heteroatoms. The fourth-order valence-corrected chi connectivity index (χ4v) is 3.88. The van der Waals surface area contributed by atoms with Crippen molar-refractivity contribution in [3.63, 3.8) is 0 Å². The van der Waals surface area contributed by atoms with Crippen molar-refractivity contribution in [1.82, 2.24) is 4.98 Å². The van der Waals surface area contributed by atoms with Crippen molar-refractivity contribution in [1.29, 1.82) is 0 Å². The summed E-state index contributed by atoms with van der Waals surface area (Å²) in [6.07, 6.45) is 5.87. The number of fused-ring (bicyclic) bond motifs is 1. The molecule has 1 aromatic heterocycles. The third-order valence-corrected chi connectivity index (χ3v) is 5.41. The fourth-order valence-electron chi connectivity index (χ4n) is 3.88. The summed E-state index contributed by atoms with van der Waals surface area (Å²) >= 11 is 0. The number of hydrogen-bond acceptors (Lipinski definition) is 4. The fraction of sp³-hybridized carbons (Fsp3) is 0.250. The van der Waals surface area contributed by atoms with E-state index in [0.717, 1.165) is 47.3 Å². The highest BCUT2D eigenvalue weighted by Crippen LogP contribution is 2.39. The third-order valence-electron chi connectivity index (χ3n) is 5.41. The molecule has 3 aromatic rings. The first-order valence-corrected chi connectivity index (χ1v) is 9.69. The number of methoxy groups -OCH3 is 1. The second-order valence-electron chi connectivity index (χ2n) is 7.16. The van der Waals surface area contributed by atoms with Crippen molar-refractivity contribution in [3.8, 4) is 16.9 Å². The summed E-state index contributed by atoms with van der Waals surface area (Å²) in [4.78, 5) is 16.1. The SMILES string of the molecule is COC(=O)c1ccncc1CCC1CCOc2cc(-c3cccc(F)c3)ccc21. The number of benzene rings is 2. The van der Waals surface area contributed by atoms with Gasteiger partial charge in [-0.3, -0.25) is 4.98 Å². The van der Waals surface area contributed by atoms with Crippen molar-refractivity contribution in [2.75, 3.05) is 13.7 Å². The Morgan fingerprint density at radius 2 is 2.07 bits per heavy atom. The molecule has 2 heterocycles. The predicted octanol–water partition coefficient (Wildman–Crippen LogP) is 5.17. The van der Waals surface area contributed by atoms with E-state index in [1.807, 2.05) is 18.2 Å². The van der Waals surface area contributed by atoms with Gasteiger partial charge in [-0.2, -0.15) is 0 Å². The van der Waals surface area contributed by atoms with Gasteiger partial charge in [-0.15, -0.1) is 0 Å². The Hall–Kier alpha value is -3.21. The lowest BCUT2D eigenvalue weighted by Gasteiger charge is -2.26. The summed E-state index contributed by atoms with van der Waals surface area (Å²) in [5.74, 6) is 0.583. The molecule has 2 aromatic carbocycles. The molecule has 0 fully saturated rings. The lowest BCUT2D eigenvalue weighted by atomic mass is 9.86. The van der Waals surface area contributed by atoms with Gasteiger partial charge in [0.15, 0.2) is 0 Å². The second-order valence-corrected chi connectivity index (χ2v) is 7.16. The molecule has 4 rings (SSSR count). The molecule has 1 unspecified atom stereocenters. The number of rotatable bonds is 5. The van der Waals surface area contributed by atoms with E-state index >= 15 is 0 Å². The van der Waals surface area contributed by atoms with Crippen molar-refractivity contribution in [2.24, 2.45) is 0 Å². The van der Waals surface area contributed by atoms with Crippen LogP contribution in [0.1, 0.15) is 40.2 Å². The van der Waals surface area contributed by atoms with Crippen LogP contribution in [0.25, 0.3) is 11.1 Å². The van der Waals surface area contributed by atoms with E-state index in [9.17, 15) is 9.18 Å². The van der Waals surface area contributed by atoms with Gasteiger partial charge in [0.05, 0.1) is 19.3 Å². The molecule has 0 amide bonds. The van der Waals surface area contributed by atoms with Gasteiger partial charge < -0.3 is 9.47 Å². The summed E-state index contributed by atoms with van der Waals surface area (Å²) in [7, 11) is 1.39. The highest BCUT2D eigenvalue weighted by molar-refractivity contribution is 5.90. The molecule has 4 nitrogen and oxygen atoms in total. The van der Waals surface area contributed by atoms with Gasteiger partial charge in [-0.05, 0) is 71.7 Å². The maximum Gasteiger partial charge on any atom is 0.338 e. The monoisotopic (exact) mass is 391 g/mol. The minimum absolute atomic E-state index is 0.253. The molecule has 0 spiro atoms. The van der Waals surface area contributed by atoms with Crippen LogP contribution in [0.15, 0.2) is 60.9 Å². The van der Waals surface area contributed by atoms with E-state index in [-0.39, 0.29) is 11.8 Å². The lowest BCUT2D eigenvalue weighted by molar-refractivity contribution is 0.0599. The van der Waals surface area contributed by atoms with Gasteiger partial charge in [0.2, 0.25) is 0 Å². The van der Waals surface area contributed by atoms with Gasteiger partial charge in [0.1, 0.15) is 11.6 Å². The zero-order valence-corrected chi connectivity index (χ0v) is 16.2. The zero-order chi connectivity index (χ0) is 20.2. The molecule has 0 aliphatic carbocycles. The van der Waals surface area contributed by atoms with Crippen LogP contribution in [0.3, 0.4) is 0 Å². The molecule has 0 saturated heterocycles. The number of esters is 1. The molecular formula is C24H22FNO3. The maximum absolute atomic E-state index is 13.6. The Morgan fingerprint density at radius 3 is 2.90 bits per heavy atom. The van der Waals surface area contributed by atoms with Crippen LogP contribution >= 0.6 is 0 Å². The first-order chi connectivity index (χ1) is 14.2. The van der Waals surface area contributed by atoms with Crippen LogP contribution in [0.2, 0.25) is 0 Å². The molecule has 0 bridgehead atoms. The lowest BCUT2D eigenvalue weighted by Crippen LogP contribution is -2.15. The summed E-state index contributed by atoms with van der Waals surface area (Å²) in [6, 6.07) is 14.3. The van der Waals surface area contributed by atoms with Crippen molar-refractivity contribution in [2.45, 2.75) is 25.2 Å². The summed E-state index contributed by atoms with van der Waals surface area (Å²) in [6.45, 7) is 0.640. The molecule has 1 aliphatic rings. The first-order valence-electron chi connectivity index (χ1n) is 9.69.